The predicted octanol–water partition coefficient (Wildman–Crippen LogP) is 2.31. The fourth-order valence-electron chi connectivity index (χ4n) is 3.13. The van der Waals surface area contributed by atoms with Crippen LogP contribution >= 0.6 is 0 Å². The van der Waals surface area contributed by atoms with Crippen molar-refractivity contribution in [3.63, 3.8) is 0 Å². The molecule has 1 atom stereocenters. The van der Waals surface area contributed by atoms with Crippen molar-refractivity contribution < 1.29 is 14.3 Å². The summed E-state index contributed by atoms with van der Waals surface area (Å²) in [5, 5.41) is 2.96. The number of amides is 2. The first-order valence-electron chi connectivity index (χ1n) is 8.59. The van der Waals surface area contributed by atoms with Gasteiger partial charge in [-0.3, -0.25) is 9.59 Å². The van der Waals surface area contributed by atoms with E-state index in [1.807, 2.05) is 56.0 Å². The Hall–Kier alpha value is -1.88. The summed E-state index contributed by atoms with van der Waals surface area (Å²) in [6, 6.07) is 9.69. The van der Waals surface area contributed by atoms with Crippen LogP contribution in [0.3, 0.4) is 0 Å². The van der Waals surface area contributed by atoms with Crippen molar-refractivity contribution in [3.8, 4) is 0 Å². The molecule has 5 heteroatoms. The molecule has 1 aliphatic heterocycles. The van der Waals surface area contributed by atoms with Gasteiger partial charge in [-0.25, -0.2) is 0 Å². The summed E-state index contributed by atoms with van der Waals surface area (Å²) in [6.45, 7) is 6.89. The normalized spacial score (nSPS) is 18.3. The van der Waals surface area contributed by atoms with E-state index < -0.39 is 5.60 Å². The molecule has 0 radical (unpaired) electrons. The fourth-order valence-corrected chi connectivity index (χ4v) is 3.13. The number of methoxy groups -OCH3 is 1. The van der Waals surface area contributed by atoms with Gasteiger partial charge in [-0.1, -0.05) is 30.3 Å². The number of benzene rings is 1. The molecule has 2 amide bonds. The van der Waals surface area contributed by atoms with Crippen molar-refractivity contribution in [1.29, 1.82) is 0 Å². The first-order chi connectivity index (χ1) is 11.4. The number of carbonyl (C=O) groups is 2. The van der Waals surface area contributed by atoms with Gasteiger partial charge in [0.1, 0.15) is 0 Å². The third kappa shape index (κ3) is 3.96. The summed E-state index contributed by atoms with van der Waals surface area (Å²) in [5.74, 6) is 0.0376. The lowest BCUT2D eigenvalue weighted by atomic mass is 9.90. The van der Waals surface area contributed by atoms with E-state index in [1.54, 1.807) is 7.11 Å². The molecular weight excluding hydrogens is 304 g/mol. The Morgan fingerprint density at radius 3 is 2.29 bits per heavy atom. The van der Waals surface area contributed by atoms with Gasteiger partial charge in [0.2, 0.25) is 5.91 Å². The SMILES string of the molecule is CO[C@](C)(C(=O)N1CCC(C(=O)NC(C)C)CC1)c1ccccc1. The highest BCUT2D eigenvalue weighted by atomic mass is 16.5. The van der Waals surface area contributed by atoms with Crippen LogP contribution in [0.4, 0.5) is 0 Å². The number of likely N-dealkylation sites (tertiary alicyclic amines) is 1. The molecule has 1 heterocycles. The molecule has 1 aromatic rings. The topological polar surface area (TPSA) is 58.6 Å². The molecule has 1 fully saturated rings. The fraction of sp³-hybridized carbons (Fsp3) is 0.579. The second-order valence-corrected chi connectivity index (χ2v) is 6.83. The van der Waals surface area contributed by atoms with Crippen LogP contribution in [0.2, 0.25) is 0 Å². The Morgan fingerprint density at radius 2 is 1.79 bits per heavy atom. The van der Waals surface area contributed by atoms with Crippen LogP contribution in [-0.2, 0) is 19.9 Å². The Kier molecular flexibility index (Phi) is 5.99. The average molecular weight is 332 g/mol. The molecule has 0 aliphatic carbocycles. The number of hydrogen-bond acceptors (Lipinski definition) is 3. The maximum absolute atomic E-state index is 13.0. The summed E-state index contributed by atoms with van der Waals surface area (Å²) < 4.78 is 5.60. The quantitative estimate of drug-likeness (QED) is 0.900. The van der Waals surface area contributed by atoms with E-state index in [9.17, 15) is 9.59 Å². The Labute approximate surface area is 144 Å². The maximum Gasteiger partial charge on any atom is 0.259 e. The van der Waals surface area contributed by atoms with E-state index in [4.69, 9.17) is 4.74 Å². The highest BCUT2D eigenvalue weighted by Crippen LogP contribution is 2.29. The molecule has 132 valence electrons. The molecule has 2 rings (SSSR count). The lowest BCUT2D eigenvalue weighted by Gasteiger charge is -2.37. The predicted molar refractivity (Wildman–Crippen MR) is 93.4 cm³/mol. The summed E-state index contributed by atoms with van der Waals surface area (Å²) in [7, 11) is 1.56. The van der Waals surface area contributed by atoms with Crippen LogP contribution in [0.1, 0.15) is 39.2 Å². The summed E-state index contributed by atoms with van der Waals surface area (Å²) in [6.07, 6.45) is 1.39. The van der Waals surface area contributed by atoms with Crippen LogP contribution in [0.5, 0.6) is 0 Å². The zero-order valence-corrected chi connectivity index (χ0v) is 15.0. The molecule has 0 spiro atoms. The van der Waals surface area contributed by atoms with Crippen LogP contribution in [0.25, 0.3) is 0 Å². The minimum Gasteiger partial charge on any atom is -0.364 e. The van der Waals surface area contributed by atoms with Crippen molar-refractivity contribution in [2.24, 2.45) is 5.92 Å². The van der Waals surface area contributed by atoms with E-state index in [0.29, 0.717) is 25.9 Å². The molecule has 24 heavy (non-hydrogen) atoms. The second-order valence-electron chi connectivity index (χ2n) is 6.83. The van der Waals surface area contributed by atoms with Gasteiger partial charge in [0.05, 0.1) is 0 Å². The summed E-state index contributed by atoms with van der Waals surface area (Å²) in [4.78, 5) is 26.9. The largest absolute Gasteiger partial charge is 0.364 e. The Morgan fingerprint density at radius 1 is 1.21 bits per heavy atom. The van der Waals surface area contributed by atoms with Crippen LogP contribution < -0.4 is 5.32 Å². The smallest absolute Gasteiger partial charge is 0.259 e. The monoisotopic (exact) mass is 332 g/mol. The van der Waals surface area contributed by atoms with Crippen molar-refractivity contribution >= 4 is 11.8 Å². The van der Waals surface area contributed by atoms with E-state index in [2.05, 4.69) is 5.32 Å². The molecular formula is C19H28N2O3. The molecule has 1 saturated heterocycles. The molecule has 1 aliphatic rings. The number of nitrogens with zero attached hydrogens (tertiary/aromatic N) is 1. The van der Waals surface area contributed by atoms with Crippen LogP contribution in [0.15, 0.2) is 30.3 Å². The summed E-state index contributed by atoms with van der Waals surface area (Å²) in [5.41, 5.74) is -0.147. The minimum atomic E-state index is -0.992. The molecule has 1 N–H and O–H groups in total. The van der Waals surface area contributed by atoms with Gasteiger partial charge in [-0.15, -0.1) is 0 Å². The number of rotatable bonds is 5. The van der Waals surface area contributed by atoms with Gasteiger partial charge in [-0.2, -0.15) is 0 Å². The maximum atomic E-state index is 13.0. The number of nitrogens with one attached hydrogen (secondary N) is 1. The minimum absolute atomic E-state index is 0.0121. The molecule has 5 nitrogen and oxygen atoms in total. The van der Waals surface area contributed by atoms with Crippen LogP contribution in [-0.4, -0.2) is 43.0 Å². The zero-order chi connectivity index (χ0) is 17.7. The number of hydrogen-bond donors (Lipinski definition) is 1. The second kappa shape index (κ2) is 7.79. The third-order valence-corrected chi connectivity index (χ3v) is 4.72. The summed E-state index contributed by atoms with van der Waals surface area (Å²) >= 11 is 0. The Bertz CT molecular complexity index is 565. The van der Waals surface area contributed by atoms with E-state index in [-0.39, 0.29) is 23.8 Å². The third-order valence-electron chi connectivity index (χ3n) is 4.72. The van der Waals surface area contributed by atoms with Gasteiger partial charge in [-0.05, 0) is 39.2 Å². The highest BCUT2D eigenvalue weighted by molar-refractivity contribution is 5.87. The van der Waals surface area contributed by atoms with Gasteiger partial charge < -0.3 is 15.0 Å². The van der Waals surface area contributed by atoms with Gasteiger partial charge in [0.15, 0.2) is 5.60 Å². The molecule has 0 saturated carbocycles. The number of piperidine rings is 1. The number of carbonyl (C=O) groups excluding carboxylic acids is 2. The lowest BCUT2D eigenvalue weighted by molar-refractivity contribution is -0.156. The highest BCUT2D eigenvalue weighted by Gasteiger charge is 2.40. The average Bonchev–Trinajstić information content (AvgIpc) is 2.60. The van der Waals surface area contributed by atoms with E-state index >= 15 is 0 Å². The van der Waals surface area contributed by atoms with E-state index in [0.717, 1.165) is 5.56 Å². The number of ether oxygens (including phenoxy) is 1. The molecule has 0 bridgehead atoms. The van der Waals surface area contributed by atoms with Gasteiger partial charge in [0, 0.05) is 32.2 Å². The van der Waals surface area contributed by atoms with Crippen molar-refractivity contribution in [1.82, 2.24) is 10.2 Å². The zero-order valence-electron chi connectivity index (χ0n) is 15.0. The van der Waals surface area contributed by atoms with Gasteiger partial charge >= 0.3 is 0 Å². The first-order valence-corrected chi connectivity index (χ1v) is 8.59. The van der Waals surface area contributed by atoms with Gasteiger partial charge in [0.25, 0.3) is 5.91 Å². The standard InChI is InChI=1S/C19H28N2O3/c1-14(2)20-17(22)15-10-12-21(13-11-15)18(23)19(3,24-4)16-8-6-5-7-9-16/h5-9,14-15H,10-13H2,1-4H3,(H,20,22)/t19-/m0/s1. The van der Waals surface area contributed by atoms with E-state index in [1.165, 1.54) is 0 Å². The Balaban J connectivity index is 2.03. The van der Waals surface area contributed by atoms with Crippen molar-refractivity contribution in [2.45, 2.75) is 45.3 Å². The molecule has 1 aromatic carbocycles. The molecule has 0 aromatic heterocycles. The van der Waals surface area contributed by atoms with Crippen LogP contribution in [0, 0.1) is 5.92 Å². The lowest BCUT2D eigenvalue weighted by Crippen LogP contribution is -2.50. The molecule has 0 unspecified atom stereocenters. The van der Waals surface area contributed by atoms with Crippen molar-refractivity contribution in [2.75, 3.05) is 20.2 Å². The first kappa shape index (κ1) is 18.5. The van der Waals surface area contributed by atoms with Crippen molar-refractivity contribution in [3.05, 3.63) is 35.9 Å².